The molecule has 25 heavy (non-hydrogen) atoms. The molecular formula is C17H21N3O3S2. The van der Waals surface area contributed by atoms with Gasteiger partial charge in [0, 0.05) is 23.2 Å². The van der Waals surface area contributed by atoms with Crippen LogP contribution in [0.15, 0.2) is 29.6 Å². The number of carbonyl (C=O) groups excluding carboxylic acids is 1. The molecule has 0 bridgehead atoms. The number of sulfonamides is 1. The number of hydrogen-bond donors (Lipinski definition) is 1. The highest BCUT2D eigenvalue weighted by molar-refractivity contribution is 7.88. The van der Waals surface area contributed by atoms with Crippen LogP contribution >= 0.6 is 11.3 Å². The largest absolute Gasteiger partial charge is 0.325 e. The van der Waals surface area contributed by atoms with Crippen molar-refractivity contribution in [3.63, 3.8) is 0 Å². The van der Waals surface area contributed by atoms with Gasteiger partial charge in [0.1, 0.15) is 6.04 Å². The van der Waals surface area contributed by atoms with E-state index in [4.69, 9.17) is 0 Å². The van der Waals surface area contributed by atoms with Crippen molar-refractivity contribution in [2.45, 2.75) is 32.2 Å². The number of aryl methyl sites for hydroxylation is 1. The van der Waals surface area contributed by atoms with Crippen LogP contribution in [0.4, 0.5) is 5.69 Å². The normalized spacial score (nSPS) is 18.9. The van der Waals surface area contributed by atoms with Gasteiger partial charge < -0.3 is 5.32 Å². The zero-order chi connectivity index (χ0) is 18.0. The van der Waals surface area contributed by atoms with Gasteiger partial charge in [0.05, 0.1) is 17.0 Å². The van der Waals surface area contributed by atoms with Crippen molar-refractivity contribution in [1.29, 1.82) is 0 Å². The lowest BCUT2D eigenvalue weighted by Gasteiger charge is -2.32. The molecule has 2 heterocycles. The molecule has 134 valence electrons. The van der Waals surface area contributed by atoms with Crippen molar-refractivity contribution >= 4 is 33.0 Å². The SMILES string of the molecule is Cc1nc(-c2ccc(NC(=O)[C@@H]3CCCCN3S(C)(=O)=O)cc2)cs1. The number of piperidine rings is 1. The summed E-state index contributed by atoms with van der Waals surface area (Å²) >= 11 is 1.59. The number of thiazole rings is 1. The number of amides is 1. The van der Waals surface area contributed by atoms with E-state index in [2.05, 4.69) is 10.3 Å². The number of carbonyl (C=O) groups is 1. The summed E-state index contributed by atoms with van der Waals surface area (Å²) in [4.78, 5) is 17.0. The monoisotopic (exact) mass is 379 g/mol. The van der Waals surface area contributed by atoms with E-state index in [9.17, 15) is 13.2 Å². The number of anilines is 1. The van der Waals surface area contributed by atoms with Gasteiger partial charge >= 0.3 is 0 Å². The third kappa shape index (κ3) is 4.26. The molecule has 1 aromatic heterocycles. The van der Waals surface area contributed by atoms with Crippen LogP contribution in [0.1, 0.15) is 24.3 Å². The number of rotatable bonds is 4. The Bertz CT molecular complexity index is 860. The second-order valence-corrected chi connectivity index (χ2v) is 9.20. The van der Waals surface area contributed by atoms with Gasteiger partial charge in [0.2, 0.25) is 15.9 Å². The quantitative estimate of drug-likeness (QED) is 0.886. The van der Waals surface area contributed by atoms with Crippen molar-refractivity contribution in [3.05, 3.63) is 34.7 Å². The molecule has 0 unspecified atom stereocenters. The van der Waals surface area contributed by atoms with Crippen molar-refractivity contribution < 1.29 is 13.2 Å². The lowest BCUT2D eigenvalue weighted by atomic mass is 10.0. The standard InChI is InChI=1S/C17H21N3O3S2/c1-12-18-15(11-24-12)13-6-8-14(9-7-13)19-17(21)16-5-3-4-10-20(16)25(2,22)23/h6-9,11,16H,3-5,10H2,1-2H3,(H,19,21)/t16-/m0/s1. The number of hydrogen-bond acceptors (Lipinski definition) is 5. The minimum Gasteiger partial charge on any atom is -0.325 e. The lowest BCUT2D eigenvalue weighted by Crippen LogP contribution is -2.49. The fourth-order valence-corrected chi connectivity index (χ4v) is 4.76. The zero-order valence-electron chi connectivity index (χ0n) is 14.2. The zero-order valence-corrected chi connectivity index (χ0v) is 15.9. The molecule has 1 fully saturated rings. The molecule has 0 aliphatic carbocycles. The van der Waals surface area contributed by atoms with Crippen LogP contribution in [-0.4, -0.2) is 42.5 Å². The van der Waals surface area contributed by atoms with E-state index in [1.807, 2.05) is 36.6 Å². The Labute approximate surface area is 151 Å². The van der Waals surface area contributed by atoms with Crippen molar-refractivity contribution in [2.75, 3.05) is 18.1 Å². The van der Waals surface area contributed by atoms with Gasteiger partial charge in [0.25, 0.3) is 0 Å². The van der Waals surface area contributed by atoms with Crippen LogP contribution in [0.25, 0.3) is 11.3 Å². The highest BCUT2D eigenvalue weighted by atomic mass is 32.2. The Morgan fingerprint density at radius 2 is 2.00 bits per heavy atom. The van der Waals surface area contributed by atoms with E-state index in [0.29, 0.717) is 18.7 Å². The number of nitrogens with zero attached hydrogens (tertiary/aromatic N) is 2. The topological polar surface area (TPSA) is 79.4 Å². The fourth-order valence-electron chi connectivity index (χ4n) is 3.01. The van der Waals surface area contributed by atoms with E-state index in [1.54, 1.807) is 11.3 Å². The Morgan fingerprint density at radius 3 is 2.60 bits per heavy atom. The Kier molecular flexibility index (Phi) is 5.21. The molecule has 1 aromatic carbocycles. The molecule has 3 rings (SSSR count). The smallest absolute Gasteiger partial charge is 0.242 e. The Balaban J connectivity index is 1.72. The molecule has 1 N–H and O–H groups in total. The minimum atomic E-state index is -3.39. The summed E-state index contributed by atoms with van der Waals surface area (Å²) in [5, 5.41) is 5.83. The summed E-state index contributed by atoms with van der Waals surface area (Å²) in [6, 6.07) is 6.80. The van der Waals surface area contributed by atoms with Crippen LogP contribution in [-0.2, 0) is 14.8 Å². The van der Waals surface area contributed by atoms with Gasteiger partial charge in [-0.2, -0.15) is 4.31 Å². The highest BCUT2D eigenvalue weighted by Crippen LogP contribution is 2.24. The van der Waals surface area contributed by atoms with Crippen molar-refractivity contribution in [2.24, 2.45) is 0 Å². The van der Waals surface area contributed by atoms with E-state index >= 15 is 0 Å². The second-order valence-electron chi connectivity index (χ2n) is 6.20. The third-order valence-electron chi connectivity index (χ3n) is 4.25. The summed E-state index contributed by atoms with van der Waals surface area (Å²) in [6.45, 7) is 2.36. The highest BCUT2D eigenvalue weighted by Gasteiger charge is 2.34. The van der Waals surface area contributed by atoms with E-state index in [0.717, 1.165) is 35.4 Å². The van der Waals surface area contributed by atoms with E-state index in [1.165, 1.54) is 4.31 Å². The maximum Gasteiger partial charge on any atom is 0.242 e. The molecule has 1 atom stereocenters. The average molecular weight is 380 g/mol. The van der Waals surface area contributed by atoms with Crippen LogP contribution < -0.4 is 5.32 Å². The predicted octanol–water partition coefficient (Wildman–Crippen LogP) is 2.87. The van der Waals surface area contributed by atoms with Gasteiger partial charge in [-0.05, 0) is 31.9 Å². The van der Waals surface area contributed by atoms with Crippen LogP contribution in [0.5, 0.6) is 0 Å². The first-order valence-corrected chi connectivity index (χ1v) is 10.9. The van der Waals surface area contributed by atoms with E-state index in [-0.39, 0.29) is 5.91 Å². The molecule has 6 nitrogen and oxygen atoms in total. The van der Waals surface area contributed by atoms with Gasteiger partial charge in [0.15, 0.2) is 0 Å². The molecule has 1 amide bonds. The summed E-state index contributed by atoms with van der Waals surface area (Å²) in [6.07, 6.45) is 3.35. The first-order chi connectivity index (χ1) is 11.8. The summed E-state index contributed by atoms with van der Waals surface area (Å²) in [5.74, 6) is -0.276. The van der Waals surface area contributed by atoms with Crippen LogP contribution in [0, 0.1) is 6.92 Å². The summed E-state index contributed by atoms with van der Waals surface area (Å²) in [5.41, 5.74) is 2.55. The fraction of sp³-hybridized carbons (Fsp3) is 0.412. The van der Waals surface area contributed by atoms with Crippen LogP contribution in [0.3, 0.4) is 0 Å². The summed E-state index contributed by atoms with van der Waals surface area (Å²) < 4.78 is 25.1. The minimum absolute atomic E-state index is 0.276. The average Bonchev–Trinajstić information content (AvgIpc) is 3.01. The third-order valence-corrected chi connectivity index (χ3v) is 6.31. The first-order valence-electron chi connectivity index (χ1n) is 8.15. The molecule has 0 radical (unpaired) electrons. The van der Waals surface area contributed by atoms with Gasteiger partial charge in [-0.1, -0.05) is 18.6 Å². The van der Waals surface area contributed by atoms with Gasteiger partial charge in [-0.15, -0.1) is 11.3 Å². The molecule has 1 aliphatic rings. The molecule has 1 saturated heterocycles. The Morgan fingerprint density at radius 1 is 1.28 bits per heavy atom. The second kappa shape index (κ2) is 7.23. The molecule has 2 aromatic rings. The van der Waals surface area contributed by atoms with Crippen LogP contribution in [0.2, 0.25) is 0 Å². The summed E-state index contributed by atoms with van der Waals surface area (Å²) in [7, 11) is -3.39. The molecule has 1 aliphatic heterocycles. The predicted molar refractivity (Wildman–Crippen MR) is 100 cm³/mol. The lowest BCUT2D eigenvalue weighted by molar-refractivity contribution is -0.120. The number of nitrogens with one attached hydrogen (secondary N) is 1. The maximum atomic E-state index is 12.6. The molecular weight excluding hydrogens is 358 g/mol. The molecule has 0 spiro atoms. The number of benzene rings is 1. The van der Waals surface area contributed by atoms with Gasteiger partial charge in [-0.25, -0.2) is 13.4 Å². The van der Waals surface area contributed by atoms with Crippen molar-refractivity contribution in [3.8, 4) is 11.3 Å². The Hall–Kier alpha value is -1.77. The van der Waals surface area contributed by atoms with Crippen molar-refractivity contribution in [1.82, 2.24) is 9.29 Å². The maximum absolute atomic E-state index is 12.6. The van der Waals surface area contributed by atoms with Gasteiger partial charge in [-0.3, -0.25) is 4.79 Å². The first kappa shape index (κ1) is 18.0. The molecule has 8 heteroatoms. The molecule has 0 saturated carbocycles. The van der Waals surface area contributed by atoms with E-state index < -0.39 is 16.1 Å². The number of aromatic nitrogens is 1.